The van der Waals surface area contributed by atoms with Crippen LogP contribution in [-0.4, -0.2) is 0 Å². The molecule has 0 fully saturated rings. The standard InChI is InChI=1S/C50H40/c1-3-14-33(15-4-1)36-28-29-40(34-16-5-2-6-17-34)48(30-36)50-43-23-11-9-21-41(43)49(42-22-10-12-24-44(42)50)45-25-13-19-37-31-46-38(32-47(37)45)27-26-35-18-7-8-20-39(35)46/h2-3,5-9,11,13-19,21-29,31-32,36,39H,1,4,10,12,20,30H2. The maximum atomic E-state index is 2.55. The maximum absolute atomic E-state index is 2.55. The lowest BCUT2D eigenvalue weighted by molar-refractivity contribution is 0.784. The van der Waals surface area contributed by atoms with Crippen LogP contribution in [0.25, 0.3) is 62.0 Å². The molecule has 0 nitrogen and oxygen atoms in total. The van der Waals surface area contributed by atoms with Gasteiger partial charge >= 0.3 is 0 Å². The molecule has 0 radical (unpaired) electrons. The highest BCUT2D eigenvalue weighted by Gasteiger charge is 2.27. The topological polar surface area (TPSA) is 0 Å². The van der Waals surface area contributed by atoms with Crippen LogP contribution < -0.4 is 10.4 Å². The van der Waals surface area contributed by atoms with Gasteiger partial charge in [-0.15, -0.1) is 0 Å². The van der Waals surface area contributed by atoms with Gasteiger partial charge in [-0.25, -0.2) is 0 Å². The third-order valence-electron chi connectivity index (χ3n) is 11.6. The molecule has 0 N–H and O–H groups in total. The summed E-state index contributed by atoms with van der Waals surface area (Å²) in [6, 6.07) is 32.2. The Hall–Kier alpha value is -5.46. The number of rotatable bonds is 4. The molecule has 2 atom stereocenters. The molecule has 0 heterocycles. The van der Waals surface area contributed by atoms with Crippen LogP contribution >= 0.6 is 0 Å². The zero-order valence-electron chi connectivity index (χ0n) is 28.4. The summed E-state index contributed by atoms with van der Waals surface area (Å²) in [5, 5.41) is 8.19. The number of hydrogen-bond acceptors (Lipinski definition) is 0. The van der Waals surface area contributed by atoms with E-state index < -0.39 is 0 Å². The first kappa shape index (κ1) is 29.5. The lowest BCUT2D eigenvalue weighted by Crippen LogP contribution is -2.33. The minimum Gasteiger partial charge on any atom is -0.0839 e. The largest absolute Gasteiger partial charge is 0.0839 e. The lowest BCUT2D eigenvalue weighted by Gasteiger charge is -2.28. The number of hydrogen-bond donors (Lipinski definition) is 0. The Morgan fingerprint density at radius 3 is 2.22 bits per heavy atom. The van der Waals surface area contributed by atoms with Gasteiger partial charge in [0.2, 0.25) is 0 Å². The molecular weight excluding hydrogens is 601 g/mol. The summed E-state index contributed by atoms with van der Waals surface area (Å²) in [6.07, 6.45) is 35.1. The van der Waals surface area contributed by atoms with Gasteiger partial charge in [-0.2, -0.15) is 0 Å². The fourth-order valence-electron chi connectivity index (χ4n) is 9.28. The van der Waals surface area contributed by atoms with Crippen molar-refractivity contribution < 1.29 is 0 Å². The monoisotopic (exact) mass is 640 g/mol. The van der Waals surface area contributed by atoms with Crippen molar-refractivity contribution in [2.75, 3.05) is 0 Å². The van der Waals surface area contributed by atoms with E-state index in [1.54, 1.807) is 0 Å². The third kappa shape index (κ3) is 4.81. The first-order chi connectivity index (χ1) is 24.8. The molecule has 5 aromatic rings. The summed E-state index contributed by atoms with van der Waals surface area (Å²) in [5.41, 5.74) is 14.0. The Morgan fingerprint density at radius 1 is 0.580 bits per heavy atom. The SMILES string of the molecule is C1=CCC2C(=C1)C=Cc1cc3c(-c4c5c(c(C6=C(c7ccccc7)C=CC(C7=CCCC=C7)C6)c6ccccc46)=CCCC=5)cccc3cc12. The van der Waals surface area contributed by atoms with Gasteiger partial charge in [-0.3, -0.25) is 0 Å². The van der Waals surface area contributed by atoms with Crippen molar-refractivity contribution in [3.8, 4) is 11.1 Å². The van der Waals surface area contributed by atoms with Gasteiger partial charge in [-0.1, -0.05) is 146 Å². The van der Waals surface area contributed by atoms with E-state index in [0.29, 0.717) is 11.8 Å². The van der Waals surface area contributed by atoms with E-state index in [0.717, 1.165) is 38.5 Å². The van der Waals surface area contributed by atoms with E-state index in [1.165, 1.54) is 87.7 Å². The number of allylic oxidation sites excluding steroid dienone is 13. The van der Waals surface area contributed by atoms with Crippen LogP contribution in [0.2, 0.25) is 0 Å². The van der Waals surface area contributed by atoms with Crippen molar-refractivity contribution >= 4 is 50.9 Å². The molecule has 10 rings (SSSR count). The molecule has 240 valence electrons. The fraction of sp³-hybridized carbons (Fsp3) is 0.160. The van der Waals surface area contributed by atoms with E-state index >= 15 is 0 Å². The summed E-state index contributed by atoms with van der Waals surface area (Å²) < 4.78 is 0. The molecule has 0 aromatic heterocycles. The summed E-state index contributed by atoms with van der Waals surface area (Å²) >= 11 is 0. The lowest BCUT2D eigenvalue weighted by atomic mass is 9.76. The zero-order valence-corrected chi connectivity index (χ0v) is 28.4. The second-order valence-electron chi connectivity index (χ2n) is 14.4. The Morgan fingerprint density at radius 2 is 1.38 bits per heavy atom. The van der Waals surface area contributed by atoms with E-state index in [-0.39, 0.29) is 0 Å². The minimum absolute atomic E-state index is 0.378. The Balaban J connectivity index is 1.24. The molecule has 5 aromatic carbocycles. The van der Waals surface area contributed by atoms with Gasteiger partial charge in [0.05, 0.1) is 0 Å². The molecule has 2 unspecified atom stereocenters. The van der Waals surface area contributed by atoms with Crippen LogP contribution in [0.5, 0.6) is 0 Å². The first-order valence-corrected chi connectivity index (χ1v) is 18.5. The van der Waals surface area contributed by atoms with Crippen molar-refractivity contribution in [2.45, 2.75) is 44.4 Å². The average molecular weight is 641 g/mol. The van der Waals surface area contributed by atoms with Crippen molar-refractivity contribution in [3.63, 3.8) is 0 Å². The van der Waals surface area contributed by atoms with Crippen molar-refractivity contribution in [1.82, 2.24) is 0 Å². The smallest absolute Gasteiger partial charge is 0.0130 e. The van der Waals surface area contributed by atoms with Gasteiger partial charge in [0, 0.05) is 11.8 Å². The number of benzene rings is 5. The van der Waals surface area contributed by atoms with Crippen LogP contribution in [0.3, 0.4) is 0 Å². The van der Waals surface area contributed by atoms with Gasteiger partial charge in [0.15, 0.2) is 0 Å². The highest BCUT2D eigenvalue weighted by atomic mass is 14.3. The normalized spacial score (nSPS) is 20.5. The Kier molecular flexibility index (Phi) is 7.16. The van der Waals surface area contributed by atoms with Crippen molar-refractivity contribution in [2.24, 2.45) is 5.92 Å². The number of fused-ring (bicyclic) bond motifs is 6. The van der Waals surface area contributed by atoms with Crippen LogP contribution in [0, 0.1) is 5.92 Å². The fourth-order valence-corrected chi connectivity index (χ4v) is 9.28. The van der Waals surface area contributed by atoms with E-state index in [1.807, 2.05) is 0 Å². The Labute approximate surface area is 294 Å². The molecule has 0 heteroatoms. The van der Waals surface area contributed by atoms with Gasteiger partial charge in [-0.05, 0) is 138 Å². The molecule has 0 bridgehead atoms. The van der Waals surface area contributed by atoms with Gasteiger partial charge < -0.3 is 0 Å². The summed E-state index contributed by atoms with van der Waals surface area (Å²) in [4.78, 5) is 0. The van der Waals surface area contributed by atoms with Gasteiger partial charge in [0.1, 0.15) is 0 Å². The van der Waals surface area contributed by atoms with E-state index in [2.05, 4.69) is 158 Å². The highest BCUT2D eigenvalue weighted by Crippen LogP contribution is 2.44. The predicted molar refractivity (Wildman–Crippen MR) is 215 cm³/mol. The van der Waals surface area contributed by atoms with Crippen LogP contribution in [0.4, 0.5) is 0 Å². The second-order valence-corrected chi connectivity index (χ2v) is 14.4. The van der Waals surface area contributed by atoms with E-state index in [4.69, 9.17) is 0 Å². The molecule has 0 amide bonds. The van der Waals surface area contributed by atoms with Crippen molar-refractivity contribution in [3.05, 3.63) is 183 Å². The minimum atomic E-state index is 0.378. The molecular formula is C50H40. The highest BCUT2D eigenvalue weighted by molar-refractivity contribution is 6.12. The second kappa shape index (κ2) is 12.1. The average Bonchev–Trinajstić information content (AvgIpc) is 3.19. The molecule has 0 saturated heterocycles. The molecule has 0 saturated carbocycles. The third-order valence-corrected chi connectivity index (χ3v) is 11.6. The molecule has 5 aliphatic carbocycles. The quantitative estimate of drug-likeness (QED) is 0.183. The predicted octanol–water partition coefficient (Wildman–Crippen LogP) is 11.8. The summed E-state index contributed by atoms with van der Waals surface area (Å²) in [6.45, 7) is 0. The first-order valence-electron chi connectivity index (χ1n) is 18.5. The van der Waals surface area contributed by atoms with Crippen molar-refractivity contribution in [1.29, 1.82) is 0 Å². The summed E-state index contributed by atoms with van der Waals surface area (Å²) in [5.74, 6) is 0.826. The van der Waals surface area contributed by atoms with Crippen LogP contribution in [-0.2, 0) is 0 Å². The molecule has 50 heavy (non-hydrogen) atoms. The molecule has 0 spiro atoms. The van der Waals surface area contributed by atoms with Gasteiger partial charge in [0.25, 0.3) is 0 Å². The van der Waals surface area contributed by atoms with Crippen LogP contribution in [0.15, 0.2) is 151 Å². The van der Waals surface area contributed by atoms with E-state index in [9.17, 15) is 0 Å². The summed E-state index contributed by atoms with van der Waals surface area (Å²) in [7, 11) is 0. The zero-order chi connectivity index (χ0) is 33.0. The molecule has 5 aliphatic rings. The Bertz CT molecular complexity index is 2570. The van der Waals surface area contributed by atoms with Crippen LogP contribution in [0.1, 0.15) is 66.7 Å². The molecule has 0 aliphatic heterocycles. The maximum Gasteiger partial charge on any atom is 0.0130 e.